The molecule has 2 rings (SSSR count). The second-order valence-electron chi connectivity index (χ2n) is 3.54. The molecule has 1 N–H and O–H groups in total. The number of aromatic nitrogens is 2. The van der Waals surface area contributed by atoms with Gasteiger partial charge in [0.25, 0.3) is 0 Å². The third-order valence-electron chi connectivity index (χ3n) is 2.45. The monoisotopic (exact) mass is 239 g/mol. The molecule has 3 nitrogen and oxygen atoms in total. The summed E-state index contributed by atoms with van der Waals surface area (Å²) in [5.74, 6) is 0.263. The van der Waals surface area contributed by atoms with Crippen molar-refractivity contribution < 1.29 is 4.39 Å². The van der Waals surface area contributed by atoms with E-state index in [0.29, 0.717) is 16.7 Å². The van der Waals surface area contributed by atoms with Gasteiger partial charge in [-0.1, -0.05) is 11.6 Å². The second kappa shape index (κ2) is 4.31. The topological polar surface area (TPSA) is 37.8 Å². The van der Waals surface area contributed by atoms with Crippen LogP contribution >= 0.6 is 11.6 Å². The molecule has 0 spiro atoms. The van der Waals surface area contributed by atoms with E-state index < -0.39 is 0 Å². The van der Waals surface area contributed by atoms with Gasteiger partial charge in [-0.05, 0) is 32.2 Å². The van der Waals surface area contributed by atoms with Crippen LogP contribution in [0.2, 0.25) is 5.15 Å². The zero-order valence-electron chi connectivity index (χ0n) is 8.96. The first-order valence-corrected chi connectivity index (χ1v) is 5.29. The third kappa shape index (κ3) is 1.99. The summed E-state index contributed by atoms with van der Waals surface area (Å²) in [4.78, 5) is 8.46. The molecule has 1 unspecified atom stereocenters. The van der Waals surface area contributed by atoms with Crippen molar-refractivity contribution in [2.24, 2.45) is 0 Å². The molecule has 0 aliphatic carbocycles. The lowest BCUT2D eigenvalue weighted by Gasteiger charge is -2.10. The molecule has 1 atom stereocenters. The molecule has 16 heavy (non-hydrogen) atoms. The normalized spacial score (nSPS) is 13.0. The molecule has 0 aliphatic rings. The summed E-state index contributed by atoms with van der Waals surface area (Å²) in [7, 11) is 1.82. The molecule has 0 aliphatic heterocycles. The van der Waals surface area contributed by atoms with Crippen molar-refractivity contribution in [1.82, 2.24) is 15.3 Å². The zero-order valence-corrected chi connectivity index (χ0v) is 9.72. The standard InChI is InChI=1S/C11H11ClFN3/c1-6(14-2)11-15-9-4-3-7(13)5-8(9)10(12)16-11/h3-6,14H,1-2H3. The molecule has 0 radical (unpaired) electrons. The van der Waals surface area contributed by atoms with E-state index in [-0.39, 0.29) is 17.0 Å². The summed E-state index contributed by atoms with van der Waals surface area (Å²) in [6, 6.07) is 4.31. The fourth-order valence-electron chi connectivity index (χ4n) is 1.40. The second-order valence-corrected chi connectivity index (χ2v) is 3.90. The number of nitrogens with one attached hydrogen (secondary N) is 1. The van der Waals surface area contributed by atoms with Crippen LogP contribution in [0.3, 0.4) is 0 Å². The molecule has 1 aromatic carbocycles. The molecule has 0 amide bonds. The molecule has 0 saturated heterocycles. The quantitative estimate of drug-likeness (QED) is 0.819. The van der Waals surface area contributed by atoms with Gasteiger partial charge in [0, 0.05) is 5.39 Å². The molecule has 0 fully saturated rings. The maximum Gasteiger partial charge on any atom is 0.147 e. The highest BCUT2D eigenvalue weighted by atomic mass is 35.5. The minimum atomic E-state index is -0.340. The van der Waals surface area contributed by atoms with Gasteiger partial charge in [-0.2, -0.15) is 0 Å². The molecule has 84 valence electrons. The lowest BCUT2D eigenvalue weighted by molar-refractivity contribution is 0.612. The van der Waals surface area contributed by atoms with Gasteiger partial charge >= 0.3 is 0 Å². The Balaban J connectivity index is 2.63. The van der Waals surface area contributed by atoms with Crippen LogP contribution in [0.15, 0.2) is 18.2 Å². The summed E-state index contributed by atoms with van der Waals surface area (Å²) in [5.41, 5.74) is 0.651. The van der Waals surface area contributed by atoms with Crippen molar-refractivity contribution in [2.75, 3.05) is 7.05 Å². The predicted octanol–water partition coefficient (Wildman–Crippen LogP) is 2.70. The van der Waals surface area contributed by atoms with Gasteiger partial charge in [0.1, 0.15) is 16.8 Å². The lowest BCUT2D eigenvalue weighted by Crippen LogP contribution is -2.15. The Bertz CT molecular complexity index is 530. The summed E-state index contributed by atoms with van der Waals surface area (Å²) in [5, 5.41) is 3.84. The first-order valence-electron chi connectivity index (χ1n) is 4.92. The Hall–Kier alpha value is -1.26. The summed E-state index contributed by atoms with van der Waals surface area (Å²) in [6.45, 7) is 1.93. The summed E-state index contributed by atoms with van der Waals surface area (Å²) >= 11 is 5.99. The molecule has 1 heterocycles. The summed E-state index contributed by atoms with van der Waals surface area (Å²) in [6.07, 6.45) is 0. The van der Waals surface area contributed by atoms with Crippen LogP contribution in [0.4, 0.5) is 4.39 Å². The van der Waals surface area contributed by atoms with Crippen LogP contribution in [0.1, 0.15) is 18.8 Å². The lowest BCUT2D eigenvalue weighted by atomic mass is 10.2. The Morgan fingerprint density at radius 1 is 1.38 bits per heavy atom. The maximum absolute atomic E-state index is 13.0. The number of benzene rings is 1. The van der Waals surface area contributed by atoms with Gasteiger partial charge in [0.05, 0.1) is 11.6 Å². The van der Waals surface area contributed by atoms with E-state index in [4.69, 9.17) is 11.6 Å². The van der Waals surface area contributed by atoms with E-state index in [1.165, 1.54) is 12.1 Å². The first kappa shape index (κ1) is 11.2. The highest BCUT2D eigenvalue weighted by molar-refractivity contribution is 6.34. The highest BCUT2D eigenvalue weighted by Crippen LogP contribution is 2.22. The van der Waals surface area contributed by atoms with Crippen molar-refractivity contribution in [2.45, 2.75) is 13.0 Å². The van der Waals surface area contributed by atoms with Gasteiger partial charge in [0.2, 0.25) is 0 Å². The minimum absolute atomic E-state index is 0.00644. The minimum Gasteiger partial charge on any atom is -0.311 e. The van der Waals surface area contributed by atoms with E-state index in [0.717, 1.165) is 0 Å². The van der Waals surface area contributed by atoms with Crippen molar-refractivity contribution in [3.63, 3.8) is 0 Å². The van der Waals surface area contributed by atoms with Crippen LogP contribution in [0.5, 0.6) is 0 Å². The molecule has 1 aromatic heterocycles. The first-order chi connectivity index (χ1) is 7.61. The highest BCUT2D eigenvalue weighted by Gasteiger charge is 2.11. The Morgan fingerprint density at radius 2 is 2.12 bits per heavy atom. The fraction of sp³-hybridized carbons (Fsp3) is 0.273. The van der Waals surface area contributed by atoms with E-state index in [1.54, 1.807) is 6.07 Å². The average Bonchev–Trinajstić information content (AvgIpc) is 2.28. The van der Waals surface area contributed by atoms with Gasteiger partial charge in [0.15, 0.2) is 0 Å². The van der Waals surface area contributed by atoms with E-state index >= 15 is 0 Å². The molecular weight excluding hydrogens is 229 g/mol. The number of rotatable bonds is 2. The van der Waals surface area contributed by atoms with E-state index in [9.17, 15) is 4.39 Å². The predicted molar refractivity (Wildman–Crippen MR) is 62.0 cm³/mol. The zero-order chi connectivity index (χ0) is 11.7. The largest absolute Gasteiger partial charge is 0.311 e. The Labute approximate surface area is 97.7 Å². The Kier molecular flexibility index (Phi) is 3.03. The maximum atomic E-state index is 13.0. The SMILES string of the molecule is CNC(C)c1nc(Cl)c2cc(F)ccc2n1. The third-order valence-corrected chi connectivity index (χ3v) is 2.74. The smallest absolute Gasteiger partial charge is 0.147 e. The molecule has 2 aromatic rings. The summed E-state index contributed by atoms with van der Waals surface area (Å²) < 4.78 is 13.0. The number of nitrogens with zero attached hydrogens (tertiary/aromatic N) is 2. The Morgan fingerprint density at radius 3 is 2.81 bits per heavy atom. The van der Waals surface area contributed by atoms with Gasteiger partial charge in [-0.15, -0.1) is 0 Å². The van der Waals surface area contributed by atoms with Gasteiger partial charge in [-0.3, -0.25) is 0 Å². The van der Waals surface area contributed by atoms with Gasteiger partial charge in [-0.25, -0.2) is 14.4 Å². The fourth-order valence-corrected chi connectivity index (χ4v) is 1.64. The average molecular weight is 240 g/mol. The van der Waals surface area contributed by atoms with Crippen molar-refractivity contribution in [3.8, 4) is 0 Å². The van der Waals surface area contributed by atoms with Crippen LogP contribution in [-0.2, 0) is 0 Å². The number of hydrogen-bond donors (Lipinski definition) is 1. The van der Waals surface area contributed by atoms with Crippen molar-refractivity contribution in [3.05, 3.63) is 35.0 Å². The van der Waals surface area contributed by atoms with E-state index in [2.05, 4.69) is 15.3 Å². The van der Waals surface area contributed by atoms with Crippen LogP contribution in [0, 0.1) is 5.82 Å². The van der Waals surface area contributed by atoms with Crippen molar-refractivity contribution in [1.29, 1.82) is 0 Å². The van der Waals surface area contributed by atoms with Crippen LogP contribution in [0.25, 0.3) is 10.9 Å². The number of halogens is 2. The molecule has 0 bridgehead atoms. The number of fused-ring (bicyclic) bond motifs is 1. The molecular formula is C11H11ClFN3. The van der Waals surface area contributed by atoms with E-state index in [1.807, 2.05) is 14.0 Å². The van der Waals surface area contributed by atoms with Gasteiger partial charge < -0.3 is 5.32 Å². The van der Waals surface area contributed by atoms with Crippen LogP contribution in [-0.4, -0.2) is 17.0 Å². The van der Waals surface area contributed by atoms with Crippen LogP contribution < -0.4 is 5.32 Å². The molecule has 0 saturated carbocycles. The molecule has 5 heteroatoms. The van der Waals surface area contributed by atoms with Crippen molar-refractivity contribution >= 4 is 22.5 Å². The number of hydrogen-bond acceptors (Lipinski definition) is 3.